The summed E-state index contributed by atoms with van der Waals surface area (Å²) in [6.45, 7) is 13.9. The van der Waals surface area contributed by atoms with Gasteiger partial charge >= 0.3 is 6.01 Å². The fraction of sp³-hybridized carbons (Fsp3) is 0.607. The number of aromatic nitrogens is 2. The first-order valence-electron chi connectivity index (χ1n) is 13.6. The first-order valence-corrected chi connectivity index (χ1v) is 13.6. The molecule has 8 nitrogen and oxygen atoms in total. The van der Waals surface area contributed by atoms with Crippen molar-refractivity contribution < 1.29 is 6.16 Å². The fourth-order valence-electron chi connectivity index (χ4n) is 5.76. The van der Waals surface area contributed by atoms with E-state index in [-0.39, 0.29) is 1.43 Å². The molecule has 3 aliphatic rings. The average molecular weight is 494 g/mol. The van der Waals surface area contributed by atoms with Gasteiger partial charge in [-0.3, -0.25) is 9.89 Å². The molecule has 1 N–H and O–H groups in total. The molecule has 0 unspecified atom stereocenters. The highest BCUT2D eigenvalue weighted by Crippen LogP contribution is 2.34. The van der Waals surface area contributed by atoms with Gasteiger partial charge in [0.15, 0.2) is 0 Å². The van der Waals surface area contributed by atoms with Gasteiger partial charge in [-0.05, 0) is 57.3 Å². The summed E-state index contributed by atoms with van der Waals surface area (Å²) in [4.78, 5) is 21.7. The highest BCUT2D eigenvalue weighted by Gasteiger charge is 2.28. The van der Waals surface area contributed by atoms with Gasteiger partial charge in [0.2, 0.25) is 0 Å². The van der Waals surface area contributed by atoms with Crippen molar-refractivity contribution in [2.45, 2.75) is 46.1 Å². The van der Waals surface area contributed by atoms with Crippen LogP contribution >= 0.6 is 0 Å². The molecular weight excluding hydrogens is 450 g/mol. The lowest BCUT2D eigenvalue weighted by molar-refractivity contribution is 0.177. The molecule has 8 heteroatoms. The van der Waals surface area contributed by atoms with Crippen LogP contribution in [0.1, 0.15) is 48.6 Å². The molecule has 0 aliphatic carbocycles. The number of nitrogens with zero attached hydrogens (tertiary/aromatic N) is 6. The van der Waals surface area contributed by atoms with Crippen molar-refractivity contribution in [3.63, 3.8) is 0 Å². The van der Waals surface area contributed by atoms with Crippen LogP contribution in [0.25, 0.3) is 0 Å². The standard InChI is InChI=1S/C28H41N7O.H2/c1-21-7-8-22(2)26(24(21)19-29-3)35-14-9-23-25(20-35)31-28(32-27(23)34-15-10-30-11-16-34)36-18-17-33-12-5-4-6-13-33;/h7-8,19,30H,4-6,9-18,20H2,1-3H3;1H. The summed E-state index contributed by atoms with van der Waals surface area (Å²) in [5.41, 5.74) is 7.37. The Bertz CT molecular complexity index is 1080. The van der Waals surface area contributed by atoms with Gasteiger partial charge in [0, 0.05) is 70.8 Å². The lowest BCUT2D eigenvalue weighted by Crippen LogP contribution is -2.45. The third-order valence-corrected chi connectivity index (χ3v) is 7.74. The normalized spacial score (nSPS) is 19.1. The molecule has 1 aromatic carbocycles. The zero-order valence-electron chi connectivity index (χ0n) is 22.2. The maximum absolute atomic E-state index is 6.21. The van der Waals surface area contributed by atoms with Crippen LogP contribution in [0, 0.1) is 13.8 Å². The van der Waals surface area contributed by atoms with E-state index in [2.05, 4.69) is 51.0 Å². The van der Waals surface area contributed by atoms with Crippen molar-refractivity contribution in [1.82, 2.24) is 20.2 Å². The van der Waals surface area contributed by atoms with Crippen molar-refractivity contribution in [3.8, 4) is 6.01 Å². The second-order valence-corrected chi connectivity index (χ2v) is 10.3. The van der Waals surface area contributed by atoms with Crippen LogP contribution in [0.15, 0.2) is 17.1 Å². The summed E-state index contributed by atoms with van der Waals surface area (Å²) in [5.74, 6) is 1.07. The maximum Gasteiger partial charge on any atom is 0.318 e. The quantitative estimate of drug-likeness (QED) is 0.594. The lowest BCUT2D eigenvalue weighted by atomic mass is 9.98. The Labute approximate surface area is 217 Å². The van der Waals surface area contributed by atoms with Gasteiger partial charge < -0.3 is 19.9 Å². The molecular formula is C28H43N7O. The Morgan fingerprint density at radius 2 is 1.78 bits per heavy atom. The molecule has 0 amide bonds. The van der Waals surface area contributed by atoms with Gasteiger partial charge in [0.25, 0.3) is 0 Å². The zero-order chi connectivity index (χ0) is 24.9. The number of nitrogens with one attached hydrogen (secondary N) is 1. The van der Waals surface area contributed by atoms with Crippen LogP contribution in [0.4, 0.5) is 11.5 Å². The van der Waals surface area contributed by atoms with Crippen molar-refractivity contribution in [1.29, 1.82) is 0 Å². The number of fused-ring (bicyclic) bond motifs is 1. The molecule has 3 aliphatic heterocycles. The Morgan fingerprint density at radius 3 is 2.56 bits per heavy atom. The highest BCUT2D eigenvalue weighted by molar-refractivity contribution is 5.91. The second kappa shape index (κ2) is 11.6. The summed E-state index contributed by atoms with van der Waals surface area (Å²) in [6.07, 6.45) is 6.86. The van der Waals surface area contributed by atoms with Gasteiger partial charge in [-0.15, -0.1) is 0 Å². The van der Waals surface area contributed by atoms with Crippen molar-refractivity contribution in [3.05, 3.63) is 40.1 Å². The monoisotopic (exact) mass is 493 g/mol. The number of likely N-dealkylation sites (tertiary alicyclic amines) is 1. The van der Waals surface area contributed by atoms with E-state index in [1.54, 1.807) is 0 Å². The summed E-state index contributed by atoms with van der Waals surface area (Å²) in [6, 6.07) is 4.93. The summed E-state index contributed by atoms with van der Waals surface area (Å²) < 4.78 is 6.21. The van der Waals surface area contributed by atoms with Gasteiger partial charge in [-0.25, -0.2) is 0 Å². The SMILES string of the molecule is CN=Cc1c(C)ccc(C)c1N1CCc2c(nc(OCCN3CCCCC3)nc2N2CCNCC2)C1.[HH]. The number of aryl methyl sites for hydroxylation is 2. The molecule has 1 aromatic heterocycles. The molecule has 2 aromatic rings. The summed E-state index contributed by atoms with van der Waals surface area (Å²) in [7, 11) is 1.84. The summed E-state index contributed by atoms with van der Waals surface area (Å²) in [5, 5.41) is 3.47. The van der Waals surface area contributed by atoms with E-state index in [0.29, 0.717) is 12.6 Å². The number of benzene rings is 1. The Balaban J connectivity index is 0.00000320. The Hall–Kier alpha value is -2.71. The number of hydrogen-bond donors (Lipinski definition) is 1. The highest BCUT2D eigenvalue weighted by atomic mass is 16.5. The van der Waals surface area contributed by atoms with Crippen molar-refractivity contribution >= 4 is 17.7 Å². The van der Waals surface area contributed by atoms with Gasteiger partial charge in [-0.1, -0.05) is 18.6 Å². The molecule has 4 heterocycles. The third-order valence-electron chi connectivity index (χ3n) is 7.74. The smallest absolute Gasteiger partial charge is 0.318 e. The van der Waals surface area contributed by atoms with Gasteiger partial charge in [0.05, 0.1) is 12.2 Å². The molecule has 2 fully saturated rings. The fourth-order valence-corrected chi connectivity index (χ4v) is 5.76. The number of piperidine rings is 1. The minimum Gasteiger partial charge on any atom is -0.462 e. The zero-order valence-corrected chi connectivity index (χ0v) is 22.2. The molecule has 196 valence electrons. The number of rotatable bonds is 7. The molecule has 36 heavy (non-hydrogen) atoms. The lowest BCUT2D eigenvalue weighted by Gasteiger charge is -2.36. The van der Waals surface area contributed by atoms with Crippen LogP contribution in [-0.4, -0.2) is 87.1 Å². The molecule has 5 rings (SSSR count). The van der Waals surface area contributed by atoms with Crippen LogP contribution in [0.3, 0.4) is 0 Å². The minimum atomic E-state index is 0. The predicted octanol–water partition coefficient (Wildman–Crippen LogP) is 3.23. The Morgan fingerprint density at radius 1 is 1.00 bits per heavy atom. The van der Waals surface area contributed by atoms with E-state index >= 15 is 0 Å². The van der Waals surface area contributed by atoms with Crippen LogP contribution in [0.5, 0.6) is 6.01 Å². The molecule has 0 bridgehead atoms. The third kappa shape index (κ3) is 5.49. The number of anilines is 2. The second-order valence-electron chi connectivity index (χ2n) is 10.3. The van der Waals surface area contributed by atoms with E-state index in [1.807, 2.05) is 13.3 Å². The molecule has 2 saturated heterocycles. The largest absolute Gasteiger partial charge is 0.462 e. The molecule has 0 spiro atoms. The van der Waals surface area contributed by atoms with Gasteiger partial charge in [-0.2, -0.15) is 9.97 Å². The van der Waals surface area contributed by atoms with E-state index < -0.39 is 0 Å². The Kier molecular flexibility index (Phi) is 8.02. The van der Waals surface area contributed by atoms with Crippen LogP contribution in [-0.2, 0) is 13.0 Å². The van der Waals surface area contributed by atoms with E-state index in [4.69, 9.17) is 14.7 Å². The minimum absolute atomic E-state index is 0. The van der Waals surface area contributed by atoms with Crippen LogP contribution in [0.2, 0.25) is 0 Å². The van der Waals surface area contributed by atoms with Crippen molar-refractivity contribution in [2.24, 2.45) is 4.99 Å². The first kappa shape index (κ1) is 25.0. The number of ether oxygens (including phenoxy) is 1. The van der Waals surface area contributed by atoms with E-state index in [1.165, 1.54) is 60.3 Å². The topological polar surface area (TPSA) is 69.1 Å². The van der Waals surface area contributed by atoms with Gasteiger partial charge in [0.1, 0.15) is 12.4 Å². The first-order chi connectivity index (χ1) is 17.6. The average Bonchev–Trinajstić information content (AvgIpc) is 2.91. The molecule has 0 atom stereocenters. The summed E-state index contributed by atoms with van der Waals surface area (Å²) >= 11 is 0. The number of aliphatic imine (C=N–C) groups is 1. The molecule has 0 saturated carbocycles. The van der Waals surface area contributed by atoms with E-state index in [0.717, 1.165) is 63.7 Å². The number of hydrogen-bond acceptors (Lipinski definition) is 8. The van der Waals surface area contributed by atoms with Crippen molar-refractivity contribution in [2.75, 3.05) is 75.8 Å². The van der Waals surface area contributed by atoms with Crippen LogP contribution < -0.4 is 19.9 Å². The number of piperazine rings is 1. The predicted molar refractivity (Wildman–Crippen MR) is 149 cm³/mol. The van der Waals surface area contributed by atoms with E-state index in [9.17, 15) is 0 Å². The molecule has 0 radical (unpaired) electrons. The maximum atomic E-state index is 6.21.